The van der Waals surface area contributed by atoms with Crippen LogP contribution in [0.1, 0.15) is 6.42 Å². The van der Waals surface area contributed by atoms with E-state index in [0.29, 0.717) is 0 Å². The summed E-state index contributed by atoms with van der Waals surface area (Å²) in [6.07, 6.45) is -7.03. The van der Waals surface area contributed by atoms with Crippen molar-refractivity contribution in [2.24, 2.45) is 0 Å². The van der Waals surface area contributed by atoms with Gasteiger partial charge < -0.3 is 38.9 Å². The molecule has 20 heavy (non-hydrogen) atoms. The quantitative estimate of drug-likeness (QED) is 0.438. The summed E-state index contributed by atoms with van der Waals surface area (Å²) in [5.41, 5.74) is 0. The third-order valence-corrected chi connectivity index (χ3v) is 5.18. The largest absolute Gasteiger partial charge is 0.388 e. The molecule has 10 heteroatoms. The molecule has 0 aromatic rings. The minimum absolute atomic E-state index is 0.330. The monoisotopic (exact) mass is 316 g/mol. The summed E-state index contributed by atoms with van der Waals surface area (Å²) in [4.78, 5) is 0. The third kappa shape index (κ3) is 3.56. The smallest absolute Gasteiger partial charge is 0.358 e. The van der Waals surface area contributed by atoms with Gasteiger partial charge in [-0.15, -0.1) is 0 Å². The maximum Gasteiger partial charge on any atom is 0.358 e. The first kappa shape index (κ1) is 18.0. The summed E-state index contributed by atoms with van der Waals surface area (Å²) in [5.74, 6) is -1.56. The second-order valence-corrected chi connectivity index (χ2v) is 6.78. The molecule has 0 bridgehead atoms. The molecule has 0 aromatic carbocycles. The molecular weight excluding hydrogens is 295 g/mol. The summed E-state index contributed by atoms with van der Waals surface area (Å²) in [6, 6.07) is 0. The van der Waals surface area contributed by atoms with Crippen molar-refractivity contribution in [3.8, 4) is 0 Å². The van der Waals surface area contributed by atoms with Gasteiger partial charge >= 0.3 is 7.60 Å². The van der Waals surface area contributed by atoms with E-state index in [9.17, 15) is 25.0 Å². The van der Waals surface area contributed by atoms with Gasteiger partial charge in [-0.2, -0.15) is 0 Å². The number of aliphatic hydroxyl groups excluding tert-OH is 4. The van der Waals surface area contributed by atoms with Crippen LogP contribution in [0.4, 0.5) is 0 Å². The van der Waals surface area contributed by atoms with Crippen molar-refractivity contribution >= 4 is 7.60 Å². The Labute approximate surface area is 116 Å². The zero-order valence-corrected chi connectivity index (χ0v) is 12.3. The van der Waals surface area contributed by atoms with Gasteiger partial charge in [0, 0.05) is 27.8 Å². The zero-order valence-electron chi connectivity index (χ0n) is 11.4. The van der Waals surface area contributed by atoms with Crippen molar-refractivity contribution in [1.29, 1.82) is 0 Å². The van der Waals surface area contributed by atoms with Gasteiger partial charge in [0.2, 0.25) is 0 Å². The van der Waals surface area contributed by atoms with Crippen LogP contribution in [0.15, 0.2) is 0 Å². The summed E-state index contributed by atoms with van der Waals surface area (Å²) in [7, 11) is -0.271. The summed E-state index contributed by atoms with van der Waals surface area (Å²) in [6.45, 7) is 0. The molecule has 0 aromatic heterocycles. The van der Waals surface area contributed by atoms with Crippen molar-refractivity contribution in [1.82, 2.24) is 0 Å². The van der Waals surface area contributed by atoms with Gasteiger partial charge in [0.15, 0.2) is 12.1 Å². The molecule has 1 heterocycles. The molecule has 0 amide bonds. The SMILES string of the molecule is CO[C@H]1O[C@H](CC(O)P(=O)(OC)OC)[C@@H](O)[C@H](O)[C@H]1O. The van der Waals surface area contributed by atoms with E-state index >= 15 is 0 Å². The number of aliphatic hydroxyl groups is 4. The van der Waals surface area contributed by atoms with Crippen LogP contribution in [0.5, 0.6) is 0 Å². The van der Waals surface area contributed by atoms with Crippen molar-refractivity contribution in [2.75, 3.05) is 21.3 Å². The topological polar surface area (TPSA) is 135 Å². The number of hydrogen-bond donors (Lipinski definition) is 4. The minimum atomic E-state index is -3.75. The van der Waals surface area contributed by atoms with Crippen LogP contribution in [-0.2, 0) is 23.1 Å². The summed E-state index contributed by atoms with van der Waals surface area (Å²) >= 11 is 0. The maximum atomic E-state index is 12.0. The average Bonchev–Trinajstić information content (AvgIpc) is 2.46. The average molecular weight is 316 g/mol. The first-order chi connectivity index (χ1) is 9.30. The summed E-state index contributed by atoms with van der Waals surface area (Å²) in [5, 5.41) is 38.9. The highest BCUT2D eigenvalue weighted by Gasteiger charge is 2.46. The van der Waals surface area contributed by atoms with Crippen molar-refractivity contribution in [3.05, 3.63) is 0 Å². The van der Waals surface area contributed by atoms with Crippen LogP contribution in [0.3, 0.4) is 0 Å². The summed E-state index contributed by atoms with van der Waals surface area (Å²) < 4.78 is 31.2. The van der Waals surface area contributed by atoms with E-state index in [4.69, 9.17) is 9.47 Å². The second kappa shape index (κ2) is 7.26. The van der Waals surface area contributed by atoms with Gasteiger partial charge in [-0.1, -0.05) is 0 Å². The Bertz CT molecular complexity index is 342. The van der Waals surface area contributed by atoms with Crippen LogP contribution >= 0.6 is 7.60 Å². The second-order valence-electron chi connectivity index (χ2n) is 4.37. The highest BCUT2D eigenvalue weighted by Crippen LogP contribution is 2.52. The van der Waals surface area contributed by atoms with Crippen molar-refractivity contribution in [2.45, 2.75) is 43.0 Å². The van der Waals surface area contributed by atoms with E-state index in [1.54, 1.807) is 0 Å². The Hall–Kier alpha value is -0.0900. The molecule has 1 aliphatic rings. The van der Waals surface area contributed by atoms with E-state index in [2.05, 4.69) is 9.05 Å². The number of ether oxygens (including phenoxy) is 2. The lowest BCUT2D eigenvalue weighted by Crippen LogP contribution is -2.58. The molecule has 1 unspecified atom stereocenters. The molecule has 0 spiro atoms. The Balaban J connectivity index is 2.78. The highest BCUT2D eigenvalue weighted by atomic mass is 31.2. The van der Waals surface area contributed by atoms with Crippen LogP contribution < -0.4 is 0 Å². The Kier molecular flexibility index (Phi) is 6.52. The Morgan fingerprint density at radius 3 is 2.10 bits per heavy atom. The molecule has 0 radical (unpaired) electrons. The lowest BCUT2D eigenvalue weighted by Gasteiger charge is -2.40. The molecule has 1 aliphatic heterocycles. The molecule has 6 atom stereocenters. The van der Waals surface area contributed by atoms with E-state index in [0.717, 1.165) is 14.2 Å². The van der Waals surface area contributed by atoms with Gasteiger partial charge in [0.25, 0.3) is 0 Å². The standard InChI is InChI=1S/C10H21O9P/c1-16-10-9(14)8(13)7(12)5(19-10)4-6(11)20(15,17-2)18-3/h5-14H,4H2,1-3H3/t5-,6?,7-,8+,9-,10+/m1/s1. The van der Waals surface area contributed by atoms with E-state index < -0.39 is 44.1 Å². The molecule has 0 saturated carbocycles. The molecule has 1 fully saturated rings. The normalized spacial score (nSPS) is 36.9. The molecule has 4 N–H and O–H groups in total. The van der Waals surface area contributed by atoms with Gasteiger partial charge in [0.1, 0.15) is 18.3 Å². The fraction of sp³-hybridized carbons (Fsp3) is 1.00. The molecular formula is C10H21O9P. The third-order valence-electron chi connectivity index (χ3n) is 3.22. The predicted octanol–water partition coefficient (Wildman–Crippen LogP) is -1.37. The molecule has 1 rings (SSSR count). The highest BCUT2D eigenvalue weighted by molar-refractivity contribution is 7.54. The van der Waals surface area contributed by atoms with Gasteiger partial charge in [-0.3, -0.25) is 4.57 Å². The Morgan fingerprint density at radius 1 is 1.10 bits per heavy atom. The first-order valence-corrected chi connectivity index (χ1v) is 7.53. The molecule has 1 saturated heterocycles. The number of hydrogen-bond acceptors (Lipinski definition) is 9. The predicted molar refractivity (Wildman–Crippen MR) is 65.9 cm³/mol. The Morgan fingerprint density at radius 2 is 1.65 bits per heavy atom. The van der Waals surface area contributed by atoms with Gasteiger partial charge in [-0.05, 0) is 0 Å². The van der Waals surface area contributed by atoms with Gasteiger partial charge in [0.05, 0.1) is 6.10 Å². The van der Waals surface area contributed by atoms with Crippen molar-refractivity contribution in [3.63, 3.8) is 0 Å². The first-order valence-electron chi connectivity index (χ1n) is 5.92. The molecule has 0 aliphatic carbocycles. The van der Waals surface area contributed by atoms with E-state index in [1.165, 1.54) is 7.11 Å². The molecule has 120 valence electrons. The zero-order chi connectivity index (χ0) is 15.5. The lowest BCUT2D eigenvalue weighted by atomic mass is 9.97. The maximum absolute atomic E-state index is 12.0. The van der Waals surface area contributed by atoms with Crippen molar-refractivity contribution < 1.29 is 43.5 Å². The minimum Gasteiger partial charge on any atom is -0.388 e. The fourth-order valence-corrected chi connectivity index (χ4v) is 3.06. The van der Waals surface area contributed by atoms with Gasteiger partial charge in [-0.25, -0.2) is 0 Å². The fourth-order valence-electron chi connectivity index (χ4n) is 1.96. The number of methoxy groups -OCH3 is 1. The van der Waals surface area contributed by atoms with Crippen LogP contribution in [0.25, 0.3) is 0 Å². The van der Waals surface area contributed by atoms with E-state index in [-0.39, 0.29) is 6.42 Å². The van der Waals surface area contributed by atoms with Crippen LogP contribution in [0, 0.1) is 0 Å². The van der Waals surface area contributed by atoms with E-state index in [1.807, 2.05) is 0 Å². The molecule has 9 nitrogen and oxygen atoms in total. The lowest BCUT2D eigenvalue weighted by molar-refractivity contribution is -0.292. The number of rotatable bonds is 6. The van der Waals surface area contributed by atoms with Crippen LogP contribution in [0.2, 0.25) is 0 Å². The van der Waals surface area contributed by atoms with Crippen LogP contribution in [-0.4, -0.2) is 78.3 Å².